The summed E-state index contributed by atoms with van der Waals surface area (Å²) in [6, 6.07) is 15.7. The Balaban J connectivity index is 1.77. The monoisotopic (exact) mass is 364 g/mol. The minimum atomic E-state index is -0.630. The van der Waals surface area contributed by atoms with Gasteiger partial charge in [0, 0.05) is 29.4 Å². The molecule has 0 bridgehead atoms. The van der Waals surface area contributed by atoms with E-state index in [-0.39, 0.29) is 18.1 Å². The van der Waals surface area contributed by atoms with Crippen LogP contribution >= 0.6 is 0 Å². The first kappa shape index (κ1) is 18.9. The van der Waals surface area contributed by atoms with Gasteiger partial charge in [0.1, 0.15) is 5.78 Å². The normalized spacial score (nSPS) is 13.3. The van der Waals surface area contributed by atoms with Crippen LogP contribution in [0.1, 0.15) is 36.0 Å². The zero-order valence-electron chi connectivity index (χ0n) is 15.5. The van der Waals surface area contributed by atoms with E-state index in [1.165, 1.54) is 0 Å². The second kappa shape index (κ2) is 8.18. The molecule has 2 atom stereocenters. The lowest BCUT2D eigenvalue weighted by Gasteiger charge is -2.17. The summed E-state index contributed by atoms with van der Waals surface area (Å²) in [6.45, 7) is 3.85. The number of Topliss-reactive ketones (excluding diaryl/α,β-unsaturated/α-hetero) is 1. The fraction of sp³-hybridized carbons (Fsp3) is 0.273. The summed E-state index contributed by atoms with van der Waals surface area (Å²) in [5, 5.41) is 10.1. The molecule has 0 saturated heterocycles. The first-order valence-electron chi connectivity index (χ1n) is 9.07. The molecule has 0 aliphatic carbocycles. The first-order chi connectivity index (χ1) is 13.0. The minimum Gasteiger partial charge on any atom is -0.361 e. The smallest absolute Gasteiger partial charge is 0.247 e. The highest BCUT2D eigenvalue weighted by molar-refractivity contribution is 5.91. The summed E-state index contributed by atoms with van der Waals surface area (Å²) < 4.78 is 0. The van der Waals surface area contributed by atoms with Gasteiger partial charge < -0.3 is 4.98 Å². The number of benzene rings is 2. The van der Waals surface area contributed by atoms with E-state index < -0.39 is 11.8 Å². The lowest BCUT2D eigenvalue weighted by Crippen LogP contribution is -2.32. The van der Waals surface area contributed by atoms with Gasteiger partial charge in [-0.15, -0.1) is 0 Å². The van der Waals surface area contributed by atoms with Crippen molar-refractivity contribution in [1.82, 2.24) is 10.5 Å². The van der Waals surface area contributed by atoms with Crippen molar-refractivity contribution >= 4 is 22.6 Å². The third kappa shape index (κ3) is 4.26. The van der Waals surface area contributed by atoms with Crippen LogP contribution in [-0.2, 0) is 16.0 Å². The van der Waals surface area contributed by atoms with Crippen molar-refractivity contribution in [1.29, 1.82) is 0 Å². The van der Waals surface area contributed by atoms with Crippen LogP contribution in [0, 0.1) is 12.8 Å². The number of aromatic amines is 1. The second-order valence-electron chi connectivity index (χ2n) is 7.04. The molecule has 1 aromatic heterocycles. The highest BCUT2D eigenvalue weighted by Crippen LogP contribution is 2.25. The molecule has 0 radical (unpaired) electrons. The molecular formula is C22H24N2O3. The maximum absolute atomic E-state index is 12.8. The molecule has 0 fully saturated rings. The summed E-state index contributed by atoms with van der Waals surface area (Å²) in [6.07, 6.45) is 2.31. The summed E-state index contributed by atoms with van der Waals surface area (Å²) in [5.41, 5.74) is 5.72. The molecule has 0 aliphatic heterocycles. The molecule has 1 heterocycles. The van der Waals surface area contributed by atoms with Crippen LogP contribution in [0.2, 0.25) is 0 Å². The lowest BCUT2D eigenvalue weighted by atomic mass is 9.87. The molecular weight excluding hydrogens is 340 g/mol. The zero-order valence-corrected chi connectivity index (χ0v) is 15.5. The number of H-pyrrole nitrogens is 1. The number of nitrogens with one attached hydrogen (secondary N) is 2. The first-order valence-corrected chi connectivity index (χ1v) is 9.07. The van der Waals surface area contributed by atoms with Gasteiger partial charge in [0.05, 0.1) is 5.92 Å². The number of carbonyl (C=O) groups is 2. The Morgan fingerprint density at radius 1 is 1.11 bits per heavy atom. The van der Waals surface area contributed by atoms with E-state index in [0.717, 1.165) is 27.6 Å². The number of hydroxylamine groups is 1. The third-order valence-electron chi connectivity index (χ3n) is 5.13. The lowest BCUT2D eigenvalue weighted by molar-refractivity contribution is -0.136. The summed E-state index contributed by atoms with van der Waals surface area (Å²) in [4.78, 5) is 28.2. The van der Waals surface area contributed by atoms with Crippen molar-refractivity contribution in [3.63, 3.8) is 0 Å². The number of fused-ring (bicyclic) bond motifs is 1. The van der Waals surface area contributed by atoms with Crippen LogP contribution in [0.25, 0.3) is 10.9 Å². The maximum Gasteiger partial charge on any atom is 0.247 e. The molecule has 0 aliphatic rings. The van der Waals surface area contributed by atoms with Crippen molar-refractivity contribution in [2.45, 2.75) is 32.6 Å². The highest BCUT2D eigenvalue weighted by Gasteiger charge is 2.26. The van der Waals surface area contributed by atoms with Gasteiger partial charge >= 0.3 is 0 Å². The Morgan fingerprint density at radius 2 is 1.81 bits per heavy atom. The molecule has 2 aromatic carbocycles. The topological polar surface area (TPSA) is 82.2 Å². The van der Waals surface area contributed by atoms with E-state index >= 15 is 0 Å². The number of amides is 1. The number of para-hydroxylation sites is 1. The minimum absolute atomic E-state index is 0.0210. The Morgan fingerprint density at radius 3 is 2.52 bits per heavy atom. The largest absolute Gasteiger partial charge is 0.361 e. The Labute approximate surface area is 158 Å². The van der Waals surface area contributed by atoms with Crippen LogP contribution in [0.5, 0.6) is 0 Å². The predicted octanol–water partition coefficient (Wildman–Crippen LogP) is 3.90. The number of rotatable bonds is 7. The van der Waals surface area contributed by atoms with Gasteiger partial charge in [0.15, 0.2) is 0 Å². The summed E-state index contributed by atoms with van der Waals surface area (Å²) >= 11 is 0. The molecule has 140 valence electrons. The van der Waals surface area contributed by atoms with Crippen molar-refractivity contribution in [3.05, 3.63) is 71.4 Å². The molecule has 5 nitrogen and oxygen atoms in total. The van der Waals surface area contributed by atoms with Gasteiger partial charge in [-0.25, -0.2) is 5.48 Å². The fourth-order valence-electron chi connectivity index (χ4n) is 3.38. The van der Waals surface area contributed by atoms with Gasteiger partial charge in [-0.1, -0.05) is 55.0 Å². The quantitative estimate of drug-likeness (QED) is 0.439. The number of ketones is 1. The van der Waals surface area contributed by atoms with Gasteiger partial charge in [-0.3, -0.25) is 14.8 Å². The van der Waals surface area contributed by atoms with Gasteiger partial charge in [0.25, 0.3) is 0 Å². The van der Waals surface area contributed by atoms with Crippen LogP contribution < -0.4 is 5.48 Å². The highest BCUT2D eigenvalue weighted by atomic mass is 16.5. The van der Waals surface area contributed by atoms with E-state index in [4.69, 9.17) is 5.21 Å². The van der Waals surface area contributed by atoms with Crippen LogP contribution in [-0.4, -0.2) is 21.9 Å². The number of aryl methyl sites for hydroxylation is 1. The SMILES string of the molecule is Cc1ccc(C(C)C(=O)C[C@H](Cc2c[nH]c3ccccc23)C(=O)NO)cc1. The fourth-order valence-corrected chi connectivity index (χ4v) is 3.38. The maximum atomic E-state index is 12.8. The average molecular weight is 364 g/mol. The average Bonchev–Trinajstić information content (AvgIpc) is 3.09. The van der Waals surface area contributed by atoms with E-state index in [2.05, 4.69) is 4.98 Å². The molecule has 3 aromatic rings. The second-order valence-corrected chi connectivity index (χ2v) is 7.04. The summed E-state index contributed by atoms with van der Waals surface area (Å²) in [5.74, 6) is -1.49. The van der Waals surface area contributed by atoms with Crippen LogP contribution in [0.4, 0.5) is 0 Å². The van der Waals surface area contributed by atoms with Crippen LogP contribution in [0.3, 0.4) is 0 Å². The predicted molar refractivity (Wildman–Crippen MR) is 105 cm³/mol. The molecule has 0 spiro atoms. The van der Waals surface area contributed by atoms with Crippen molar-refractivity contribution in [3.8, 4) is 0 Å². The van der Waals surface area contributed by atoms with E-state index in [1.807, 2.05) is 68.6 Å². The van der Waals surface area contributed by atoms with Gasteiger partial charge in [-0.2, -0.15) is 0 Å². The molecule has 5 heteroatoms. The molecule has 3 rings (SSSR count). The van der Waals surface area contributed by atoms with Crippen LogP contribution in [0.15, 0.2) is 54.7 Å². The van der Waals surface area contributed by atoms with Crippen molar-refractivity contribution in [2.24, 2.45) is 5.92 Å². The van der Waals surface area contributed by atoms with Crippen molar-refractivity contribution < 1.29 is 14.8 Å². The Hall–Kier alpha value is -2.92. The number of carbonyl (C=O) groups excluding carboxylic acids is 2. The molecule has 27 heavy (non-hydrogen) atoms. The third-order valence-corrected chi connectivity index (χ3v) is 5.13. The Bertz CT molecular complexity index is 944. The molecule has 0 saturated carbocycles. The van der Waals surface area contributed by atoms with Gasteiger partial charge in [-0.05, 0) is 30.5 Å². The zero-order chi connectivity index (χ0) is 19.4. The number of hydrogen-bond donors (Lipinski definition) is 3. The molecule has 1 amide bonds. The molecule has 1 unspecified atom stereocenters. The van der Waals surface area contributed by atoms with Gasteiger partial charge in [0.2, 0.25) is 5.91 Å². The van der Waals surface area contributed by atoms with E-state index in [0.29, 0.717) is 6.42 Å². The summed E-state index contributed by atoms with van der Waals surface area (Å²) in [7, 11) is 0. The van der Waals surface area contributed by atoms with E-state index in [9.17, 15) is 9.59 Å². The Kier molecular flexibility index (Phi) is 5.72. The van der Waals surface area contributed by atoms with Crippen molar-refractivity contribution in [2.75, 3.05) is 0 Å². The number of aromatic nitrogens is 1. The number of hydrogen-bond acceptors (Lipinski definition) is 3. The molecule has 3 N–H and O–H groups in total. The van der Waals surface area contributed by atoms with E-state index in [1.54, 1.807) is 5.48 Å². The standard InChI is InChI=1S/C22H24N2O3/c1-14-7-9-16(10-8-14)15(2)21(25)12-17(22(26)24-27)11-18-13-23-20-6-4-3-5-19(18)20/h3-10,13,15,17,23,27H,11-12H2,1-2H3,(H,24,26)/t15?,17-/m0/s1.